The number of aryl methyl sites for hydroxylation is 1. The molecule has 6 nitrogen and oxygen atoms in total. The van der Waals surface area contributed by atoms with Crippen LogP contribution in [0, 0.1) is 6.92 Å². The highest BCUT2D eigenvalue weighted by Crippen LogP contribution is 2.19. The summed E-state index contributed by atoms with van der Waals surface area (Å²) in [6.07, 6.45) is 2.50. The Morgan fingerprint density at radius 1 is 1.39 bits per heavy atom. The fourth-order valence-electron chi connectivity index (χ4n) is 1.57. The minimum atomic E-state index is 0.452. The molecule has 1 saturated carbocycles. The van der Waals surface area contributed by atoms with Gasteiger partial charge in [0, 0.05) is 11.4 Å². The Morgan fingerprint density at radius 2 is 2.28 bits per heavy atom. The van der Waals surface area contributed by atoms with Crippen LogP contribution in [0.5, 0.6) is 0 Å². The molecule has 1 fully saturated rings. The molecule has 0 radical (unpaired) electrons. The van der Waals surface area contributed by atoms with Crippen LogP contribution in [0.1, 0.15) is 29.4 Å². The molecule has 0 spiro atoms. The average molecular weight is 265 g/mol. The van der Waals surface area contributed by atoms with Crippen molar-refractivity contribution in [3.63, 3.8) is 0 Å². The standard InChI is InChI=1S/C11H15N5OS/c1-7-14-9(6-18-7)4-13-11-16-15-10(17-11)5-12-8-2-3-8/h6,8,12H,2-5H2,1H3,(H,13,16). The van der Waals surface area contributed by atoms with E-state index in [0.717, 1.165) is 10.7 Å². The van der Waals surface area contributed by atoms with E-state index in [-0.39, 0.29) is 0 Å². The zero-order valence-electron chi connectivity index (χ0n) is 10.1. The Labute approximate surface area is 109 Å². The van der Waals surface area contributed by atoms with Gasteiger partial charge in [0.05, 0.1) is 23.8 Å². The predicted octanol–water partition coefficient (Wildman–Crippen LogP) is 1.70. The molecule has 0 bridgehead atoms. The van der Waals surface area contributed by atoms with Gasteiger partial charge in [0.25, 0.3) is 0 Å². The summed E-state index contributed by atoms with van der Waals surface area (Å²) in [6.45, 7) is 3.25. The fraction of sp³-hybridized carbons (Fsp3) is 0.545. The Bertz CT molecular complexity index is 519. The normalized spacial score (nSPS) is 14.9. The highest BCUT2D eigenvalue weighted by molar-refractivity contribution is 7.09. The number of hydrogen-bond acceptors (Lipinski definition) is 7. The second-order valence-corrected chi connectivity index (χ2v) is 5.43. The van der Waals surface area contributed by atoms with E-state index < -0.39 is 0 Å². The first-order valence-corrected chi connectivity index (χ1v) is 6.88. The molecule has 7 heteroatoms. The molecule has 2 aromatic heterocycles. The number of nitrogens with zero attached hydrogens (tertiary/aromatic N) is 3. The highest BCUT2D eigenvalue weighted by atomic mass is 32.1. The quantitative estimate of drug-likeness (QED) is 0.828. The zero-order valence-corrected chi connectivity index (χ0v) is 11.0. The topological polar surface area (TPSA) is 75.9 Å². The van der Waals surface area contributed by atoms with E-state index in [0.29, 0.717) is 31.0 Å². The van der Waals surface area contributed by atoms with Crippen molar-refractivity contribution < 1.29 is 4.42 Å². The molecule has 0 atom stereocenters. The van der Waals surface area contributed by atoms with Crippen molar-refractivity contribution in [3.8, 4) is 0 Å². The molecular weight excluding hydrogens is 250 g/mol. The van der Waals surface area contributed by atoms with Gasteiger partial charge in [0.15, 0.2) is 0 Å². The van der Waals surface area contributed by atoms with Gasteiger partial charge in [-0.3, -0.25) is 0 Å². The van der Waals surface area contributed by atoms with Crippen LogP contribution in [0.3, 0.4) is 0 Å². The highest BCUT2D eigenvalue weighted by Gasteiger charge is 2.21. The number of thiazole rings is 1. The van der Waals surface area contributed by atoms with Crippen LogP contribution in [-0.2, 0) is 13.1 Å². The molecular formula is C11H15N5OS. The largest absolute Gasteiger partial charge is 0.407 e. The molecule has 0 saturated heterocycles. The third kappa shape index (κ3) is 3.05. The minimum Gasteiger partial charge on any atom is -0.407 e. The number of hydrogen-bond donors (Lipinski definition) is 2. The van der Waals surface area contributed by atoms with E-state index in [4.69, 9.17) is 4.42 Å². The first-order valence-electron chi connectivity index (χ1n) is 6.00. The number of nitrogens with one attached hydrogen (secondary N) is 2. The summed E-state index contributed by atoms with van der Waals surface area (Å²) in [5.41, 5.74) is 0.994. The van der Waals surface area contributed by atoms with Crippen LogP contribution in [0.2, 0.25) is 0 Å². The van der Waals surface area contributed by atoms with E-state index in [2.05, 4.69) is 25.8 Å². The van der Waals surface area contributed by atoms with Crippen molar-refractivity contribution in [2.24, 2.45) is 0 Å². The Kier molecular flexibility index (Phi) is 3.24. The molecule has 0 aliphatic heterocycles. The maximum atomic E-state index is 5.47. The van der Waals surface area contributed by atoms with Crippen molar-refractivity contribution in [2.75, 3.05) is 5.32 Å². The van der Waals surface area contributed by atoms with Crippen LogP contribution in [0.4, 0.5) is 6.01 Å². The second-order valence-electron chi connectivity index (χ2n) is 4.37. The maximum absolute atomic E-state index is 5.47. The van der Waals surface area contributed by atoms with Crippen molar-refractivity contribution in [1.82, 2.24) is 20.5 Å². The van der Waals surface area contributed by atoms with Crippen LogP contribution < -0.4 is 10.6 Å². The van der Waals surface area contributed by atoms with Gasteiger partial charge in [-0.05, 0) is 19.8 Å². The molecule has 96 valence electrons. The Morgan fingerprint density at radius 3 is 3.00 bits per heavy atom. The lowest BCUT2D eigenvalue weighted by molar-refractivity contribution is 0.475. The van der Waals surface area contributed by atoms with E-state index in [1.807, 2.05) is 12.3 Å². The lowest BCUT2D eigenvalue weighted by atomic mass is 10.5. The van der Waals surface area contributed by atoms with Gasteiger partial charge < -0.3 is 15.1 Å². The smallest absolute Gasteiger partial charge is 0.315 e. The van der Waals surface area contributed by atoms with E-state index >= 15 is 0 Å². The second kappa shape index (κ2) is 5.03. The first kappa shape index (κ1) is 11.6. The van der Waals surface area contributed by atoms with Crippen molar-refractivity contribution in [2.45, 2.75) is 38.9 Å². The monoisotopic (exact) mass is 265 g/mol. The van der Waals surface area contributed by atoms with Crippen molar-refractivity contribution in [1.29, 1.82) is 0 Å². The molecule has 1 aliphatic rings. The van der Waals surface area contributed by atoms with E-state index in [9.17, 15) is 0 Å². The van der Waals surface area contributed by atoms with E-state index in [1.54, 1.807) is 11.3 Å². The number of aromatic nitrogens is 3. The van der Waals surface area contributed by atoms with Gasteiger partial charge in [-0.1, -0.05) is 5.10 Å². The summed E-state index contributed by atoms with van der Waals surface area (Å²) in [5, 5.41) is 17.4. The SMILES string of the molecule is Cc1nc(CNc2nnc(CNC3CC3)o2)cs1. The number of anilines is 1. The summed E-state index contributed by atoms with van der Waals surface area (Å²) >= 11 is 1.64. The van der Waals surface area contributed by atoms with Crippen LogP contribution in [0.15, 0.2) is 9.80 Å². The Balaban J connectivity index is 1.49. The van der Waals surface area contributed by atoms with Crippen LogP contribution in [-0.4, -0.2) is 21.2 Å². The van der Waals surface area contributed by atoms with Gasteiger partial charge in [-0.15, -0.1) is 16.4 Å². The Hall–Kier alpha value is -1.47. The van der Waals surface area contributed by atoms with Gasteiger partial charge in [0.1, 0.15) is 0 Å². The maximum Gasteiger partial charge on any atom is 0.315 e. The molecule has 0 amide bonds. The van der Waals surface area contributed by atoms with Crippen LogP contribution in [0.25, 0.3) is 0 Å². The predicted molar refractivity (Wildman–Crippen MR) is 68.3 cm³/mol. The van der Waals surface area contributed by atoms with Gasteiger partial charge in [0.2, 0.25) is 5.89 Å². The minimum absolute atomic E-state index is 0.452. The molecule has 1 aliphatic carbocycles. The average Bonchev–Trinajstić information content (AvgIpc) is 2.93. The van der Waals surface area contributed by atoms with Gasteiger partial charge in [-0.2, -0.15) is 0 Å². The third-order valence-electron chi connectivity index (χ3n) is 2.67. The van der Waals surface area contributed by atoms with Gasteiger partial charge in [-0.25, -0.2) is 4.98 Å². The summed E-state index contributed by atoms with van der Waals surface area (Å²) in [4.78, 5) is 4.35. The summed E-state index contributed by atoms with van der Waals surface area (Å²) in [6, 6.07) is 1.10. The third-order valence-corrected chi connectivity index (χ3v) is 3.50. The first-order chi connectivity index (χ1) is 8.79. The summed E-state index contributed by atoms with van der Waals surface area (Å²) < 4.78 is 5.47. The molecule has 18 heavy (non-hydrogen) atoms. The number of rotatable bonds is 6. The molecule has 2 heterocycles. The fourth-order valence-corrected chi connectivity index (χ4v) is 2.18. The van der Waals surface area contributed by atoms with E-state index in [1.165, 1.54) is 12.8 Å². The molecule has 2 aromatic rings. The lowest BCUT2D eigenvalue weighted by Gasteiger charge is -1.97. The zero-order chi connectivity index (χ0) is 12.4. The summed E-state index contributed by atoms with van der Waals surface area (Å²) in [5.74, 6) is 0.624. The van der Waals surface area contributed by atoms with Crippen molar-refractivity contribution >= 4 is 17.4 Å². The van der Waals surface area contributed by atoms with Crippen LogP contribution >= 0.6 is 11.3 Å². The molecule has 2 N–H and O–H groups in total. The lowest BCUT2D eigenvalue weighted by Crippen LogP contribution is -2.15. The van der Waals surface area contributed by atoms with Crippen molar-refractivity contribution in [3.05, 3.63) is 22.0 Å². The summed E-state index contributed by atoms with van der Waals surface area (Å²) in [7, 11) is 0. The molecule has 3 rings (SSSR count). The molecule has 0 aromatic carbocycles. The molecule has 0 unspecified atom stereocenters. The van der Waals surface area contributed by atoms with Gasteiger partial charge >= 0.3 is 6.01 Å².